The Bertz CT molecular complexity index is 386. The van der Waals surface area contributed by atoms with Crippen molar-refractivity contribution in [1.29, 1.82) is 0 Å². The number of hydrogen-bond acceptors (Lipinski definition) is 3. The number of para-hydroxylation sites is 1. The van der Waals surface area contributed by atoms with Crippen LogP contribution in [0.5, 0.6) is 0 Å². The van der Waals surface area contributed by atoms with E-state index in [-0.39, 0.29) is 5.56 Å². The fourth-order valence-electron chi connectivity index (χ4n) is 1.48. The molecular formula is C11H14N2O2. The van der Waals surface area contributed by atoms with Crippen LogP contribution in [0.15, 0.2) is 18.2 Å². The maximum Gasteiger partial charge on any atom is 0.337 e. The van der Waals surface area contributed by atoms with Gasteiger partial charge in [0.25, 0.3) is 0 Å². The standard InChI is InChI=1S/C11H14N2O2/c12-10-8(11(14)15)2-1-3-9(10)13-6-7-4-5-7/h1-3,7,13H,4-6,12H2,(H,14,15). The van der Waals surface area contributed by atoms with Crippen molar-refractivity contribution >= 4 is 17.3 Å². The number of carboxylic acids is 1. The van der Waals surface area contributed by atoms with Crippen LogP contribution in [-0.2, 0) is 0 Å². The third-order valence-electron chi connectivity index (χ3n) is 2.61. The van der Waals surface area contributed by atoms with E-state index in [4.69, 9.17) is 10.8 Å². The minimum Gasteiger partial charge on any atom is -0.478 e. The Kier molecular flexibility index (Phi) is 2.49. The zero-order chi connectivity index (χ0) is 10.8. The second kappa shape index (κ2) is 3.81. The Morgan fingerprint density at radius 1 is 1.53 bits per heavy atom. The number of anilines is 2. The zero-order valence-corrected chi connectivity index (χ0v) is 8.36. The summed E-state index contributed by atoms with van der Waals surface area (Å²) < 4.78 is 0. The summed E-state index contributed by atoms with van der Waals surface area (Å²) in [5.74, 6) is -0.250. The van der Waals surface area contributed by atoms with E-state index in [0.717, 1.165) is 18.2 Å². The third-order valence-corrected chi connectivity index (χ3v) is 2.61. The summed E-state index contributed by atoms with van der Waals surface area (Å²) >= 11 is 0. The Morgan fingerprint density at radius 2 is 2.27 bits per heavy atom. The number of nitrogens with two attached hydrogens (primary N) is 1. The Morgan fingerprint density at radius 3 is 2.87 bits per heavy atom. The molecule has 0 bridgehead atoms. The molecule has 1 aromatic rings. The number of carboxylic acid groups (broad SMARTS) is 1. The predicted octanol–water partition coefficient (Wildman–Crippen LogP) is 1.79. The first-order valence-electron chi connectivity index (χ1n) is 5.04. The van der Waals surface area contributed by atoms with Crippen LogP contribution in [0.4, 0.5) is 11.4 Å². The molecule has 0 heterocycles. The van der Waals surface area contributed by atoms with Gasteiger partial charge in [0.2, 0.25) is 0 Å². The number of nitrogens with one attached hydrogen (secondary N) is 1. The van der Waals surface area contributed by atoms with E-state index >= 15 is 0 Å². The van der Waals surface area contributed by atoms with Gasteiger partial charge in [0, 0.05) is 6.54 Å². The first-order chi connectivity index (χ1) is 7.18. The van der Waals surface area contributed by atoms with Crippen molar-refractivity contribution < 1.29 is 9.90 Å². The molecule has 0 atom stereocenters. The maximum atomic E-state index is 10.8. The van der Waals surface area contributed by atoms with Gasteiger partial charge >= 0.3 is 5.97 Å². The summed E-state index contributed by atoms with van der Waals surface area (Å²) in [4.78, 5) is 10.8. The maximum absolute atomic E-state index is 10.8. The average Bonchev–Trinajstić information content (AvgIpc) is 2.99. The fraction of sp³-hybridized carbons (Fsp3) is 0.364. The molecule has 15 heavy (non-hydrogen) atoms. The van der Waals surface area contributed by atoms with E-state index in [1.165, 1.54) is 18.9 Å². The highest BCUT2D eigenvalue weighted by molar-refractivity contribution is 5.97. The molecule has 0 spiro atoms. The number of rotatable bonds is 4. The van der Waals surface area contributed by atoms with Gasteiger partial charge < -0.3 is 16.2 Å². The number of aromatic carboxylic acids is 1. The van der Waals surface area contributed by atoms with Crippen LogP contribution in [0.3, 0.4) is 0 Å². The van der Waals surface area contributed by atoms with Gasteiger partial charge in [-0.05, 0) is 30.9 Å². The van der Waals surface area contributed by atoms with Gasteiger partial charge in [-0.2, -0.15) is 0 Å². The SMILES string of the molecule is Nc1c(NCC2CC2)cccc1C(=O)O. The van der Waals surface area contributed by atoms with Crippen LogP contribution in [0.25, 0.3) is 0 Å². The van der Waals surface area contributed by atoms with E-state index in [2.05, 4.69) is 5.32 Å². The molecule has 1 aliphatic carbocycles. The fourth-order valence-corrected chi connectivity index (χ4v) is 1.48. The Labute approximate surface area is 88.1 Å². The lowest BCUT2D eigenvalue weighted by Crippen LogP contribution is -2.09. The molecule has 1 fully saturated rings. The summed E-state index contributed by atoms with van der Waals surface area (Å²) in [5, 5.41) is 12.1. The molecule has 0 unspecified atom stereocenters. The van der Waals surface area contributed by atoms with Crippen molar-refractivity contribution in [2.45, 2.75) is 12.8 Å². The molecule has 4 nitrogen and oxygen atoms in total. The summed E-state index contributed by atoms with van der Waals surface area (Å²) in [6, 6.07) is 5.03. The second-order valence-electron chi connectivity index (χ2n) is 3.90. The molecule has 1 aromatic carbocycles. The molecule has 0 amide bonds. The molecule has 0 aliphatic heterocycles. The van der Waals surface area contributed by atoms with Crippen LogP contribution in [0, 0.1) is 5.92 Å². The average molecular weight is 206 g/mol. The number of carbonyl (C=O) groups is 1. The highest BCUT2D eigenvalue weighted by atomic mass is 16.4. The molecule has 0 aromatic heterocycles. The van der Waals surface area contributed by atoms with Gasteiger partial charge in [-0.1, -0.05) is 6.07 Å². The van der Waals surface area contributed by atoms with E-state index in [1.807, 2.05) is 6.07 Å². The molecule has 0 saturated heterocycles. The van der Waals surface area contributed by atoms with Crippen LogP contribution in [0.2, 0.25) is 0 Å². The van der Waals surface area contributed by atoms with Crippen molar-refractivity contribution in [3.63, 3.8) is 0 Å². The van der Waals surface area contributed by atoms with E-state index in [9.17, 15) is 4.79 Å². The highest BCUT2D eigenvalue weighted by Gasteiger charge is 2.21. The minimum atomic E-state index is -0.984. The molecule has 1 aliphatic rings. The Balaban J connectivity index is 2.14. The van der Waals surface area contributed by atoms with Gasteiger partial charge in [0.05, 0.1) is 16.9 Å². The lowest BCUT2D eigenvalue weighted by atomic mass is 10.1. The van der Waals surface area contributed by atoms with Gasteiger partial charge in [-0.15, -0.1) is 0 Å². The summed E-state index contributed by atoms with van der Waals surface area (Å²) in [6.07, 6.45) is 2.51. The molecule has 80 valence electrons. The molecule has 0 radical (unpaired) electrons. The lowest BCUT2D eigenvalue weighted by molar-refractivity contribution is 0.0698. The molecule has 2 rings (SSSR count). The minimum absolute atomic E-state index is 0.163. The lowest BCUT2D eigenvalue weighted by Gasteiger charge is -2.10. The first-order valence-corrected chi connectivity index (χ1v) is 5.04. The van der Waals surface area contributed by atoms with Crippen molar-refractivity contribution in [1.82, 2.24) is 0 Å². The summed E-state index contributed by atoms with van der Waals surface area (Å²) in [5.41, 5.74) is 6.96. The second-order valence-corrected chi connectivity index (χ2v) is 3.90. The third kappa shape index (κ3) is 2.21. The van der Waals surface area contributed by atoms with Crippen molar-refractivity contribution in [3.05, 3.63) is 23.8 Å². The largest absolute Gasteiger partial charge is 0.478 e. The zero-order valence-electron chi connectivity index (χ0n) is 8.36. The molecule has 4 heteroatoms. The monoisotopic (exact) mass is 206 g/mol. The van der Waals surface area contributed by atoms with Crippen molar-refractivity contribution in [2.24, 2.45) is 5.92 Å². The van der Waals surface area contributed by atoms with Gasteiger partial charge in [-0.3, -0.25) is 0 Å². The van der Waals surface area contributed by atoms with E-state index in [0.29, 0.717) is 5.69 Å². The van der Waals surface area contributed by atoms with Gasteiger partial charge in [-0.25, -0.2) is 4.79 Å². The first kappa shape index (κ1) is 9.83. The number of nitrogen functional groups attached to an aromatic ring is 1. The van der Waals surface area contributed by atoms with Gasteiger partial charge in [0.1, 0.15) is 0 Å². The topological polar surface area (TPSA) is 75.3 Å². The van der Waals surface area contributed by atoms with Crippen LogP contribution in [0.1, 0.15) is 23.2 Å². The van der Waals surface area contributed by atoms with Crippen LogP contribution in [-0.4, -0.2) is 17.6 Å². The highest BCUT2D eigenvalue weighted by Crippen LogP contribution is 2.30. The van der Waals surface area contributed by atoms with Crippen molar-refractivity contribution in [2.75, 3.05) is 17.6 Å². The predicted molar refractivity (Wildman–Crippen MR) is 59.0 cm³/mol. The van der Waals surface area contributed by atoms with Crippen LogP contribution >= 0.6 is 0 Å². The quantitative estimate of drug-likeness (QED) is 0.656. The smallest absolute Gasteiger partial charge is 0.337 e. The van der Waals surface area contributed by atoms with Crippen molar-refractivity contribution in [3.8, 4) is 0 Å². The van der Waals surface area contributed by atoms with Crippen LogP contribution < -0.4 is 11.1 Å². The molecule has 4 N–H and O–H groups in total. The van der Waals surface area contributed by atoms with E-state index < -0.39 is 5.97 Å². The number of hydrogen-bond donors (Lipinski definition) is 3. The van der Waals surface area contributed by atoms with E-state index in [1.54, 1.807) is 6.07 Å². The normalized spacial score (nSPS) is 14.9. The summed E-state index contributed by atoms with van der Waals surface area (Å²) in [6.45, 7) is 0.882. The van der Waals surface area contributed by atoms with Gasteiger partial charge in [0.15, 0.2) is 0 Å². The molecule has 1 saturated carbocycles. The molecular weight excluding hydrogens is 192 g/mol. The number of benzene rings is 1. The Hall–Kier alpha value is -1.71. The summed E-state index contributed by atoms with van der Waals surface area (Å²) in [7, 11) is 0.